The molecule has 2 aliphatic rings. The molecule has 0 aromatic heterocycles. The molecule has 2 aromatic rings. The first-order valence-corrected chi connectivity index (χ1v) is 10.7. The van der Waals surface area contributed by atoms with E-state index in [1.807, 2.05) is 0 Å². The van der Waals surface area contributed by atoms with Crippen LogP contribution >= 0.6 is 0 Å². The number of nitrogens with zero attached hydrogens (tertiary/aromatic N) is 1. The molecule has 28 heavy (non-hydrogen) atoms. The molecule has 1 fully saturated rings. The van der Waals surface area contributed by atoms with E-state index in [1.165, 1.54) is 35.3 Å². The van der Waals surface area contributed by atoms with Gasteiger partial charge >= 0.3 is 0 Å². The normalized spacial score (nSPS) is 19.4. The summed E-state index contributed by atoms with van der Waals surface area (Å²) in [5.41, 5.74) is 5.47. The van der Waals surface area contributed by atoms with Crippen molar-refractivity contribution in [1.82, 2.24) is 0 Å². The molecule has 4 heteroatoms. The Kier molecular flexibility index (Phi) is 6.98. The summed E-state index contributed by atoms with van der Waals surface area (Å²) in [6.07, 6.45) is 6.74. The summed E-state index contributed by atoms with van der Waals surface area (Å²) in [5.74, 6) is 0. The lowest BCUT2D eigenvalue weighted by Gasteiger charge is -2.31. The van der Waals surface area contributed by atoms with E-state index >= 15 is 0 Å². The van der Waals surface area contributed by atoms with Crippen LogP contribution in [-0.2, 0) is 27.1 Å². The van der Waals surface area contributed by atoms with Crippen LogP contribution in [0.4, 0.5) is 11.4 Å². The number of ether oxygens (including phenoxy) is 3. The van der Waals surface area contributed by atoms with Gasteiger partial charge in [0.2, 0.25) is 0 Å². The van der Waals surface area contributed by atoms with Gasteiger partial charge < -0.3 is 19.1 Å². The van der Waals surface area contributed by atoms with E-state index < -0.39 is 0 Å². The minimum absolute atomic E-state index is 0.0366. The fourth-order valence-electron chi connectivity index (χ4n) is 4.15. The van der Waals surface area contributed by atoms with Gasteiger partial charge in [-0.15, -0.1) is 0 Å². The molecule has 2 heterocycles. The van der Waals surface area contributed by atoms with Crippen LogP contribution in [0.15, 0.2) is 48.5 Å². The SMILES string of the molecule is c1ccc2c(c1)CCCc1ccccc1N2CCOCCOC1CCCCO1. The zero-order valence-corrected chi connectivity index (χ0v) is 16.6. The Hall–Kier alpha value is -1.88. The summed E-state index contributed by atoms with van der Waals surface area (Å²) < 4.78 is 17.3. The van der Waals surface area contributed by atoms with Crippen molar-refractivity contribution in [3.63, 3.8) is 0 Å². The fraction of sp³-hybridized carbons (Fsp3) is 0.500. The molecule has 1 unspecified atom stereocenters. The van der Waals surface area contributed by atoms with E-state index in [2.05, 4.69) is 53.4 Å². The first-order chi connectivity index (χ1) is 13.9. The Bertz CT molecular complexity index is 695. The third-order valence-corrected chi connectivity index (χ3v) is 5.59. The highest BCUT2D eigenvalue weighted by atomic mass is 16.7. The van der Waals surface area contributed by atoms with Crippen LogP contribution in [0.2, 0.25) is 0 Å². The summed E-state index contributed by atoms with van der Waals surface area (Å²) >= 11 is 0. The minimum atomic E-state index is -0.0366. The molecule has 0 radical (unpaired) electrons. The standard InChI is InChI=1S/C24H31NO3/c1-3-12-22-20(8-1)10-7-11-21-9-2-4-13-23(21)25(22)15-17-26-18-19-28-24-14-5-6-16-27-24/h1-4,8-9,12-13,24H,5-7,10-11,14-19H2. The predicted molar refractivity (Wildman–Crippen MR) is 112 cm³/mol. The first kappa shape index (κ1) is 19.4. The van der Waals surface area contributed by atoms with Gasteiger partial charge in [-0.25, -0.2) is 0 Å². The van der Waals surface area contributed by atoms with E-state index in [1.54, 1.807) is 0 Å². The number of hydrogen-bond donors (Lipinski definition) is 0. The van der Waals surface area contributed by atoms with E-state index in [0.29, 0.717) is 19.8 Å². The van der Waals surface area contributed by atoms with E-state index in [0.717, 1.165) is 38.8 Å². The van der Waals surface area contributed by atoms with Gasteiger partial charge in [-0.2, -0.15) is 0 Å². The largest absolute Gasteiger partial charge is 0.377 e. The Morgan fingerprint density at radius 3 is 2.21 bits per heavy atom. The first-order valence-electron chi connectivity index (χ1n) is 10.7. The summed E-state index contributed by atoms with van der Waals surface area (Å²) in [6.45, 7) is 3.54. The average molecular weight is 382 g/mol. The maximum atomic E-state index is 5.91. The van der Waals surface area contributed by atoms with Crippen LogP contribution in [-0.4, -0.2) is 39.3 Å². The molecule has 2 aromatic carbocycles. The van der Waals surface area contributed by atoms with Crippen molar-refractivity contribution in [3.8, 4) is 0 Å². The molecule has 0 saturated carbocycles. The summed E-state index contributed by atoms with van der Waals surface area (Å²) in [5, 5.41) is 0. The molecule has 1 atom stereocenters. The minimum Gasteiger partial charge on any atom is -0.377 e. The third-order valence-electron chi connectivity index (χ3n) is 5.59. The molecule has 0 amide bonds. The second-order valence-electron chi connectivity index (χ2n) is 7.54. The number of hydrogen-bond acceptors (Lipinski definition) is 4. The van der Waals surface area contributed by atoms with E-state index in [9.17, 15) is 0 Å². The van der Waals surface area contributed by atoms with Gasteiger partial charge in [0.1, 0.15) is 0 Å². The van der Waals surface area contributed by atoms with Crippen molar-refractivity contribution in [3.05, 3.63) is 59.7 Å². The molecule has 4 rings (SSSR count). The van der Waals surface area contributed by atoms with Crippen molar-refractivity contribution >= 4 is 11.4 Å². The molecule has 150 valence electrons. The van der Waals surface area contributed by atoms with Crippen molar-refractivity contribution in [2.45, 2.75) is 44.8 Å². The van der Waals surface area contributed by atoms with E-state index in [4.69, 9.17) is 14.2 Å². The molecule has 4 nitrogen and oxygen atoms in total. The fourth-order valence-corrected chi connectivity index (χ4v) is 4.15. The summed E-state index contributed by atoms with van der Waals surface area (Å²) in [4.78, 5) is 2.43. The average Bonchev–Trinajstić information content (AvgIpc) is 2.74. The predicted octanol–water partition coefficient (Wildman–Crippen LogP) is 4.87. The lowest BCUT2D eigenvalue weighted by molar-refractivity contribution is -0.168. The Labute approximate surface area is 168 Å². The number of benzene rings is 2. The lowest BCUT2D eigenvalue weighted by atomic mass is 9.97. The molecular weight excluding hydrogens is 350 g/mol. The molecule has 0 aliphatic carbocycles. The van der Waals surface area contributed by atoms with Crippen LogP contribution in [0, 0.1) is 0 Å². The maximum Gasteiger partial charge on any atom is 0.157 e. The number of rotatable bonds is 7. The van der Waals surface area contributed by atoms with Gasteiger partial charge in [-0.3, -0.25) is 0 Å². The van der Waals surface area contributed by atoms with Gasteiger partial charge in [-0.1, -0.05) is 36.4 Å². The highest BCUT2D eigenvalue weighted by Crippen LogP contribution is 2.34. The number of para-hydroxylation sites is 2. The van der Waals surface area contributed by atoms with Crippen molar-refractivity contribution < 1.29 is 14.2 Å². The van der Waals surface area contributed by atoms with Gasteiger partial charge in [-0.05, 0) is 61.8 Å². The van der Waals surface area contributed by atoms with Crippen LogP contribution in [0.1, 0.15) is 36.8 Å². The highest BCUT2D eigenvalue weighted by Gasteiger charge is 2.18. The van der Waals surface area contributed by atoms with Gasteiger partial charge in [0.15, 0.2) is 6.29 Å². The van der Waals surface area contributed by atoms with Crippen molar-refractivity contribution in [1.29, 1.82) is 0 Å². The Morgan fingerprint density at radius 2 is 1.54 bits per heavy atom. The van der Waals surface area contributed by atoms with E-state index in [-0.39, 0.29) is 6.29 Å². The third kappa shape index (κ3) is 4.93. The smallest absolute Gasteiger partial charge is 0.157 e. The summed E-state index contributed by atoms with van der Waals surface area (Å²) in [6, 6.07) is 17.5. The highest BCUT2D eigenvalue weighted by molar-refractivity contribution is 5.70. The zero-order valence-electron chi connectivity index (χ0n) is 16.6. The molecule has 1 saturated heterocycles. The summed E-state index contributed by atoms with van der Waals surface area (Å²) in [7, 11) is 0. The quantitative estimate of drug-likeness (QED) is 0.640. The van der Waals surface area contributed by atoms with Crippen LogP contribution in [0.3, 0.4) is 0 Å². The monoisotopic (exact) mass is 381 g/mol. The lowest BCUT2D eigenvalue weighted by Crippen LogP contribution is -2.27. The van der Waals surface area contributed by atoms with Gasteiger partial charge in [0.05, 0.1) is 19.8 Å². The second kappa shape index (κ2) is 10.1. The topological polar surface area (TPSA) is 30.9 Å². The molecule has 0 bridgehead atoms. The van der Waals surface area contributed by atoms with Crippen molar-refractivity contribution in [2.75, 3.05) is 37.9 Å². The number of fused-ring (bicyclic) bond motifs is 2. The van der Waals surface area contributed by atoms with Crippen LogP contribution in [0.5, 0.6) is 0 Å². The van der Waals surface area contributed by atoms with Crippen LogP contribution < -0.4 is 4.90 Å². The Morgan fingerprint density at radius 1 is 0.821 bits per heavy atom. The molecular formula is C24H31NO3. The number of anilines is 2. The zero-order chi connectivity index (χ0) is 19.0. The number of aryl methyl sites for hydroxylation is 2. The molecule has 0 spiro atoms. The van der Waals surface area contributed by atoms with Gasteiger partial charge in [0, 0.05) is 24.5 Å². The maximum absolute atomic E-state index is 5.91. The van der Waals surface area contributed by atoms with Crippen molar-refractivity contribution in [2.24, 2.45) is 0 Å². The van der Waals surface area contributed by atoms with Crippen LogP contribution in [0.25, 0.3) is 0 Å². The van der Waals surface area contributed by atoms with Gasteiger partial charge in [0.25, 0.3) is 0 Å². The molecule has 0 N–H and O–H groups in total. The second-order valence-corrected chi connectivity index (χ2v) is 7.54. The Balaban J connectivity index is 1.35. The molecule has 2 aliphatic heterocycles.